The van der Waals surface area contributed by atoms with Crippen LogP contribution in [-0.4, -0.2) is 38.8 Å². The lowest BCUT2D eigenvalue weighted by Crippen LogP contribution is -2.23. The smallest absolute Gasteiger partial charge is 0.256 e. The van der Waals surface area contributed by atoms with Gasteiger partial charge in [0, 0.05) is 14.1 Å². The number of aryl methyl sites for hydroxylation is 1. The Morgan fingerprint density at radius 3 is 2.75 bits per heavy atom. The van der Waals surface area contributed by atoms with E-state index in [1.54, 1.807) is 44.8 Å². The number of anilines is 1. The van der Waals surface area contributed by atoms with Crippen molar-refractivity contribution in [2.24, 2.45) is 0 Å². The molecule has 150 valence electrons. The minimum absolute atomic E-state index is 0.0210. The van der Waals surface area contributed by atoms with Crippen molar-refractivity contribution >= 4 is 23.5 Å². The molecule has 0 radical (unpaired) electrons. The SMILES string of the molecule is C\C(O)=C(/C=C\C=C\NCc1nsnc1NCc1cc(C)co1)C(=O)N(C)C. The third kappa shape index (κ3) is 6.27. The Morgan fingerprint density at radius 2 is 2.11 bits per heavy atom. The van der Waals surface area contributed by atoms with Gasteiger partial charge in [-0.2, -0.15) is 8.75 Å². The van der Waals surface area contributed by atoms with Crippen LogP contribution in [0.25, 0.3) is 0 Å². The molecule has 2 aromatic rings. The summed E-state index contributed by atoms with van der Waals surface area (Å²) in [6, 6.07) is 1.97. The first kappa shape index (κ1) is 21.2. The lowest BCUT2D eigenvalue weighted by atomic mass is 10.2. The number of allylic oxidation sites excluding steroid dienone is 3. The molecule has 0 aromatic carbocycles. The maximum Gasteiger partial charge on any atom is 0.256 e. The van der Waals surface area contributed by atoms with E-state index in [1.807, 2.05) is 13.0 Å². The molecular formula is C19H25N5O3S. The van der Waals surface area contributed by atoms with Gasteiger partial charge in [-0.25, -0.2) is 0 Å². The zero-order valence-corrected chi connectivity index (χ0v) is 17.2. The van der Waals surface area contributed by atoms with E-state index in [0.717, 1.165) is 28.7 Å². The monoisotopic (exact) mass is 403 g/mol. The molecule has 28 heavy (non-hydrogen) atoms. The van der Waals surface area contributed by atoms with Crippen molar-refractivity contribution in [2.45, 2.75) is 26.9 Å². The Balaban J connectivity index is 1.84. The van der Waals surface area contributed by atoms with Crippen molar-refractivity contribution in [2.75, 3.05) is 19.4 Å². The number of aliphatic hydroxyl groups excluding tert-OH is 1. The molecule has 0 unspecified atom stereocenters. The van der Waals surface area contributed by atoms with E-state index in [4.69, 9.17) is 4.42 Å². The first-order chi connectivity index (χ1) is 13.4. The van der Waals surface area contributed by atoms with Gasteiger partial charge in [0.25, 0.3) is 5.91 Å². The van der Waals surface area contributed by atoms with Gasteiger partial charge in [-0.15, -0.1) is 0 Å². The molecule has 1 amide bonds. The molecule has 0 spiro atoms. The normalized spacial score (nSPS) is 12.4. The first-order valence-electron chi connectivity index (χ1n) is 8.66. The molecule has 0 atom stereocenters. The van der Waals surface area contributed by atoms with E-state index < -0.39 is 0 Å². The molecule has 0 aliphatic heterocycles. The Kier molecular flexibility index (Phi) is 7.82. The van der Waals surface area contributed by atoms with Gasteiger partial charge in [-0.3, -0.25) is 4.79 Å². The summed E-state index contributed by atoms with van der Waals surface area (Å²) in [7, 11) is 3.27. The number of likely N-dealkylation sites (N-methyl/N-ethyl adjacent to an activating group) is 1. The second-order valence-corrected chi connectivity index (χ2v) is 6.83. The zero-order valence-electron chi connectivity index (χ0n) is 16.4. The molecule has 0 bridgehead atoms. The van der Waals surface area contributed by atoms with E-state index in [-0.39, 0.29) is 17.2 Å². The number of furan rings is 1. The lowest BCUT2D eigenvalue weighted by molar-refractivity contribution is -0.124. The van der Waals surface area contributed by atoms with E-state index in [1.165, 1.54) is 11.8 Å². The predicted molar refractivity (Wildman–Crippen MR) is 110 cm³/mol. The number of amides is 1. The zero-order chi connectivity index (χ0) is 20.5. The van der Waals surface area contributed by atoms with Crippen LogP contribution in [0.4, 0.5) is 5.82 Å². The summed E-state index contributed by atoms with van der Waals surface area (Å²) in [5.74, 6) is 1.28. The summed E-state index contributed by atoms with van der Waals surface area (Å²) in [4.78, 5) is 13.4. The van der Waals surface area contributed by atoms with Crippen molar-refractivity contribution in [3.8, 4) is 0 Å². The summed E-state index contributed by atoms with van der Waals surface area (Å²) >= 11 is 1.14. The Labute approximate surface area is 168 Å². The molecule has 2 aromatic heterocycles. The molecule has 3 N–H and O–H groups in total. The molecule has 0 fully saturated rings. The minimum Gasteiger partial charge on any atom is -0.512 e. The van der Waals surface area contributed by atoms with Crippen LogP contribution in [0.2, 0.25) is 0 Å². The summed E-state index contributed by atoms with van der Waals surface area (Å²) in [5.41, 5.74) is 2.13. The highest BCUT2D eigenvalue weighted by Gasteiger charge is 2.11. The van der Waals surface area contributed by atoms with Crippen LogP contribution < -0.4 is 10.6 Å². The van der Waals surface area contributed by atoms with Crippen LogP contribution >= 0.6 is 11.7 Å². The van der Waals surface area contributed by atoms with Crippen LogP contribution in [0, 0.1) is 6.92 Å². The van der Waals surface area contributed by atoms with Crippen LogP contribution in [0.3, 0.4) is 0 Å². The number of rotatable bonds is 9. The summed E-state index contributed by atoms with van der Waals surface area (Å²) in [6.07, 6.45) is 8.44. The van der Waals surface area contributed by atoms with Crippen molar-refractivity contribution in [1.82, 2.24) is 19.0 Å². The quantitative estimate of drug-likeness (QED) is 0.336. The third-order valence-electron chi connectivity index (χ3n) is 3.66. The second kappa shape index (κ2) is 10.3. The lowest BCUT2D eigenvalue weighted by Gasteiger charge is -2.11. The molecule has 2 heterocycles. The average molecular weight is 404 g/mol. The highest BCUT2D eigenvalue weighted by atomic mass is 32.1. The van der Waals surface area contributed by atoms with Crippen LogP contribution in [0.5, 0.6) is 0 Å². The maximum atomic E-state index is 12.0. The Morgan fingerprint density at radius 1 is 1.32 bits per heavy atom. The molecule has 0 saturated carbocycles. The van der Waals surface area contributed by atoms with Gasteiger partial charge >= 0.3 is 0 Å². The molecule has 0 aliphatic rings. The summed E-state index contributed by atoms with van der Waals surface area (Å²) < 4.78 is 13.9. The van der Waals surface area contributed by atoms with Crippen LogP contribution in [0.15, 0.2) is 52.5 Å². The number of aliphatic hydroxyl groups is 1. The summed E-state index contributed by atoms with van der Waals surface area (Å²) in [5, 5.41) is 16.0. The molecule has 0 saturated heterocycles. The number of hydrogen-bond acceptors (Lipinski definition) is 8. The second-order valence-electron chi connectivity index (χ2n) is 6.30. The van der Waals surface area contributed by atoms with Crippen LogP contribution in [-0.2, 0) is 17.9 Å². The van der Waals surface area contributed by atoms with E-state index in [2.05, 4.69) is 19.4 Å². The van der Waals surface area contributed by atoms with Gasteiger partial charge in [0.05, 0.1) is 36.7 Å². The van der Waals surface area contributed by atoms with Crippen molar-refractivity contribution in [3.05, 3.63) is 65.1 Å². The topological polar surface area (TPSA) is 104 Å². The third-order valence-corrected chi connectivity index (χ3v) is 4.22. The largest absolute Gasteiger partial charge is 0.512 e. The predicted octanol–water partition coefficient (Wildman–Crippen LogP) is 3.13. The van der Waals surface area contributed by atoms with E-state index >= 15 is 0 Å². The fourth-order valence-corrected chi connectivity index (χ4v) is 2.77. The molecule has 8 nitrogen and oxygen atoms in total. The Bertz CT molecular complexity index is 876. The van der Waals surface area contributed by atoms with Gasteiger partial charge in [-0.1, -0.05) is 6.08 Å². The van der Waals surface area contributed by atoms with Gasteiger partial charge < -0.3 is 25.1 Å². The molecule has 0 aliphatic carbocycles. The number of carbonyl (C=O) groups excluding carboxylic acids is 1. The Hall–Kier alpha value is -3.07. The number of hydrogen-bond donors (Lipinski definition) is 3. The molecular weight excluding hydrogens is 378 g/mol. The number of carbonyl (C=O) groups is 1. The fourth-order valence-electron chi connectivity index (χ4n) is 2.23. The van der Waals surface area contributed by atoms with Crippen LogP contribution in [0.1, 0.15) is 23.9 Å². The highest BCUT2D eigenvalue weighted by Crippen LogP contribution is 2.14. The van der Waals surface area contributed by atoms with Crippen molar-refractivity contribution in [1.29, 1.82) is 0 Å². The highest BCUT2D eigenvalue weighted by molar-refractivity contribution is 6.99. The van der Waals surface area contributed by atoms with E-state index in [9.17, 15) is 9.90 Å². The van der Waals surface area contributed by atoms with Crippen molar-refractivity contribution < 1.29 is 14.3 Å². The van der Waals surface area contributed by atoms with Gasteiger partial charge in [0.1, 0.15) is 17.2 Å². The van der Waals surface area contributed by atoms with Gasteiger partial charge in [0.2, 0.25) is 0 Å². The number of aromatic nitrogens is 2. The van der Waals surface area contributed by atoms with Gasteiger partial charge in [0.15, 0.2) is 5.82 Å². The first-order valence-corrected chi connectivity index (χ1v) is 9.39. The fraction of sp³-hybridized carbons (Fsp3) is 0.316. The average Bonchev–Trinajstić information content (AvgIpc) is 3.26. The minimum atomic E-state index is -0.256. The molecule has 9 heteroatoms. The molecule has 2 rings (SSSR count). The maximum absolute atomic E-state index is 12.0. The number of nitrogens with one attached hydrogen (secondary N) is 2. The number of nitrogens with zero attached hydrogens (tertiary/aromatic N) is 3. The standard InChI is InChI=1S/C19H25N5O3S/c1-13-9-15(27-12-13)10-21-18-17(22-28-23-18)11-20-8-6-5-7-16(14(2)25)19(26)24(3)4/h5-9,12,20,25H,10-11H2,1-4H3,(H,21,23)/b7-5-,8-6+,16-14-. The van der Waals surface area contributed by atoms with E-state index in [0.29, 0.717) is 18.9 Å². The van der Waals surface area contributed by atoms with Gasteiger partial charge in [-0.05, 0) is 43.8 Å². The summed E-state index contributed by atoms with van der Waals surface area (Å²) in [6.45, 7) is 4.50. The van der Waals surface area contributed by atoms with Crippen molar-refractivity contribution in [3.63, 3.8) is 0 Å².